The highest BCUT2D eigenvalue weighted by molar-refractivity contribution is 7.13. The van der Waals surface area contributed by atoms with Crippen LogP contribution in [0.3, 0.4) is 0 Å². The van der Waals surface area contributed by atoms with Crippen molar-refractivity contribution in [2.24, 2.45) is 0 Å². The minimum absolute atomic E-state index is 0.0231. The minimum atomic E-state index is -0.282. The number of benzene rings is 1. The van der Waals surface area contributed by atoms with Gasteiger partial charge in [-0.2, -0.15) is 0 Å². The lowest BCUT2D eigenvalue weighted by molar-refractivity contribution is 0.0603. The van der Waals surface area contributed by atoms with Crippen molar-refractivity contribution in [2.75, 3.05) is 6.54 Å². The van der Waals surface area contributed by atoms with Crippen molar-refractivity contribution in [3.05, 3.63) is 71.4 Å². The van der Waals surface area contributed by atoms with Gasteiger partial charge in [0.2, 0.25) is 0 Å². The SMILES string of the molecule is O=C(c1ncsc1-c1ccccn1)N1CCCCC1Cc1cc2cc(F)ccc2o1. The Hall–Kier alpha value is -3.06. The summed E-state index contributed by atoms with van der Waals surface area (Å²) in [5.41, 5.74) is 3.58. The molecule has 152 valence electrons. The number of pyridine rings is 1. The maximum Gasteiger partial charge on any atom is 0.274 e. The summed E-state index contributed by atoms with van der Waals surface area (Å²) < 4.78 is 19.4. The van der Waals surface area contributed by atoms with Gasteiger partial charge in [-0.25, -0.2) is 9.37 Å². The minimum Gasteiger partial charge on any atom is -0.461 e. The first-order valence-electron chi connectivity index (χ1n) is 10.0. The van der Waals surface area contributed by atoms with E-state index in [1.165, 1.54) is 23.5 Å². The normalized spacial score (nSPS) is 16.8. The van der Waals surface area contributed by atoms with Crippen molar-refractivity contribution in [1.82, 2.24) is 14.9 Å². The Morgan fingerprint density at radius 2 is 2.13 bits per heavy atom. The number of fused-ring (bicyclic) bond motifs is 1. The predicted molar refractivity (Wildman–Crippen MR) is 114 cm³/mol. The first kappa shape index (κ1) is 18.9. The van der Waals surface area contributed by atoms with Crippen molar-refractivity contribution in [1.29, 1.82) is 0 Å². The van der Waals surface area contributed by atoms with Gasteiger partial charge in [0, 0.05) is 30.6 Å². The van der Waals surface area contributed by atoms with Gasteiger partial charge in [-0.3, -0.25) is 9.78 Å². The Bertz CT molecular complexity index is 1190. The van der Waals surface area contributed by atoms with Crippen LogP contribution in [-0.2, 0) is 6.42 Å². The van der Waals surface area contributed by atoms with Crippen LogP contribution in [0.15, 0.2) is 58.6 Å². The molecule has 1 unspecified atom stereocenters. The van der Waals surface area contributed by atoms with Gasteiger partial charge in [-0.05, 0) is 55.7 Å². The first-order valence-corrected chi connectivity index (χ1v) is 10.9. The number of piperidine rings is 1. The zero-order chi connectivity index (χ0) is 20.5. The quantitative estimate of drug-likeness (QED) is 0.447. The third-order valence-electron chi connectivity index (χ3n) is 5.52. The number of carbonyl (C=O) groups excluding carboxylic acids is 1. The van der Waals surface area contributed by atoms with Gasteiger partial charge in [0.1, 0.15) is 22.9 Å². The molecule has 1 aromatic carbocycles. The molecule has 30 heavy (non-hydrogen) atoms. The van der Waals surface area contributed by atoms with E-state index in [2.05, 4.69) is 9.97 Å². The molecule has 0 spiro atoms. The van der Waals surface area contributed by atoms with Gasteiger partial charge >= 0.3 is 0 Å². The van der Waals surface area contributed by atoms with Crippen LogP contribution in [0, 0.1) is 5.82 Å². The van der Waals surface area contributed by atoms with E-state index in [0.29, 0.717) is 24.2 Å². The molecule has 1 aliphatic heterocycles. The molecule has 1 atom stereocenters. The highest BCUT2D eigenvalue weighted by Gasteiger charge is 2.31. The van der Waals surface area contributed by atoms with Crippen LogP contribution >= 0.6 is 11.3 Å². The standard InChI is InChI=1S/C23H20FN3O2S/c24-16-7-8-20-15(11-16)12-18(29-20)13-17-5-2-4-10-27(17)23(28)21-22(30-14-26-21)19-6-1-3-9-25-19/h1,3,6-9,11-12,14,17H,2,4-5,10,13H2. The molecule has 0 bridgehead atoms. The molecule has 5 rings (SSSR count). The molecule has 1 aliphatic rings. The third-order valence-corrected chi connectivity index (χ3v) is 6.37. The number of nitrogens with zero attached hydrogens (tertiary/aromatic N) is 3. The number of furan rings is 1. The summed E-state index contributed by atoms with van der Waals surface area (Å²) in [6.07, 6.45) is 5.26. The molecule has 0 saturated carbocycles. The molecular weight excluding hydrogens is 401 g/mol. The Morgan fingerprint density at radius 3 is 3.00 bits per heavy atom. The van der Waals surface area contributed by atoms with E-state index >= 15 is 0 Å². The van der Waals surface area contributed by atoms with Gasteiger partial charge in [0.25, 0.3) is 5.91 Å². The molecule has 4 heterocycles. The zero-order valence-corrected chi connectivity index (χ0v) is 17.1. The van der Waals surface area contributed by atoms with Gasteiger partial charge in [-0.15, -0.1) is 11.3 Å². The van der Waals surface area contributed by atoms with E-state index in [-0.39, 0.29) is 17.8 Å². The largest absolute Gasteiger partial charge is 0.461 e. The van der Waals surface area contributed by atoms with Crippen molar-refractivity contribution in [2.45, 2.75) is 31.7 Å². The smallest absolute Gasteiger partial charge is 0.274 e. The summed E-state index contributed by atoms with van der Waals surface area (Å²) in [7, 11) is 0. The van der Waals surface area contributed by atoms with Crippen LogP contribution in [0.4, 0.5) is 4.39 Å². The van der Waals surface area contributed by atoms with Gasteiger partial charge in [0.05, 0.1) is 16.1 Å². The Kier molecular flexibility index (Phi) is 5.04. The summed E-state index contributed by atoms with van der Waals surface area (Å²) in [6, 6.07) is 12.1. The number of halogens is 1. The van der Waals surface area contributed by atoms with Crippen LogP contribution in [0.2, 0.25) is 0 Å². The molecule has 1 amide bonds. The van der Waals surface area contributed by atoms with E-state index in [4.69, 9.17) is 4.42 Å². The van der Waals surface area contributed by atoms with Crippen LogP contribution in [0.1, 0.15) is 35.5 Å². The van der Waals surface area contributed by atoms with Gasteiger partial charge in [-0.1, -0.05) is 6.07 Å². The zero-order valence-electron chi connectivity index (χ0n) is 16.3. The number of thiazole rings is 1. The van der Waals surface area contributed by atoms with Crippen molar-refractivity contribution in [3.63, 3.8) is 0 Å². The molecule has 4 aromatic rings. The maximum atomic E-state index is 13.5. The molecule has 5 nitrogen and oxygen atoms in total. The summed E-state index contributed by atoms with van der Waals surface area (Å²) in [5.74, 6) is 0.419. The number of hydrogen-bond acceptors (Lipinski definition) is 5. The third kappa shape index (κ3) is 3.61. The first-order chi connectivity index (χ1) is 14.7. The maximum absolute atomic E-state index is 13.5. The summed E-state index contributed by atoms with van der Waals surface area (Å²) in [4.78, 5) is 24.9. The summed E-state index contributed by atoms with van der Waals surface area (Å²) in [6.45, 7) is 0.692. The number of rotatable bonds is 4. The average molecular weight is 421 g/mol. The average Bonchev–Trinajstić information content (AvgIpc) is 3.41. The second-order valence-corrected chi connectivity index (χ2v) is 8.35. The van der Waals surface area contributed by atoms with Gasteiger partial charge < -0.3 is 9.32 Å². The molecule has 0 radical (unpaired) electrons. The Labute approximate surface area is 177 Å². The molecule has 1 fully saturated rings. The van der Waals surface area contributed by atoms with E-state index in [9.17, 15) is 9.18 Å². The molecular formula is C23H20FN3O2S. The van der Waals surface area contributed by atoms with Crippen molar-refractivity contribution >= 4 is 28.2 Å². The lowest BCUT2D eigenvalue weighted by Gasteiger charge is -2.35. The fraction of sp³-hybridized carbons (Fsp3) is 0.261. The lowest BCUT2D eigenvalue weighted by Crippen LogP contribution is -2.45. The summed E-state index contributed by atoms with van der Waals surface area (Å²) >= 11 is 1.43. The number of aromatic nitrogens is 2. The number of carbonyl (C=O) groups is 1. The number of amides is 1. The van der Waals surface area contributed by atoms with Crippen LogP contribution < -0.4 is 0 Å². The van der Waals surface area contributed by atoms with E-state index < -0.39 is 0 Å². The highest BCUT2D eigenvalue weighted by atomic mass is 32.1. The van der Waals surface area contributed by atoms with Crippen LogP contribution in [0.25, 0.3) is 21.5 Å². The molecule has 1 saturated heterocycles. The fourth-order valence-electron chi connectivity index (χ4n) is 4.10. The van der Waals surface area contributed by atoms with Gasteiger partial charge in [0.15, 0.2) is 0 Å². The topological polar surface area (TPSA) is 59.2 Å². The number of hydrogen-bond donors (Lipinski definition) is 0. The lowest BCUT2D eigenvalue weighted by atomic mass is 9.97. The van der Waals surface area contributed by atoms with Crippen molar-refractivity contribution < 1.29 is 13.6 Å². The van der Waals surface area contributed by atoms with E-state index in [1.807, 2.05) is 29.2 Å². The Balaban J connectivity index is 1.41. The van der Waals surface area contributed by atoms with E-state index in [0.717, 1.165) is 41.0 Å². The van der Waals surface area contributed by atoms with Crippen molar-refractivity contribution in [3.8, 4) is 10.6 Å². The monoisotopic (exact) mass is 421 g/mol. The van der Waals surface area contributed by atoms with Crippen LogP contribution in [0.5, 0.6) is 0 Å². The predicted octanol–water partition coefficient (Wildman–Crippen LogP) is 5.33. The highest BCUT2D eigenvalue weighted by Crippen LogP contribution is 2.30. The second kappa shape index (κ2) is 7.99. The summed E-state index contributed by atoms with van der Waals surface area (Å²) in [5, 5.41) is 0.746. The molecule has 3 aromatic heterocycles. The Morgan fingerprint density at radius 1 is 1.20 bits per heavy atom. The molecule has 0 N–H and O–H groups in total. The molecule has 0 aliphatic carbocycles. The fourth-order valence-corrected chi connectivity index (χ4v) is 4.85. The van der Waals surface area contributed by atoms with Crippen LogP contribution in [-0.4, -0.2) is 33.4 Å². The number of likely N-dealkylation sites (tertiary alicyclic amines) is 1. The molecule has 7 heteroatoms. The second-order valence-electron chi connectivity index (χ2n) is 7.49. The van der Waals surface area contributed by atoms with E-state index in [1.54, 1.807) is 17.8 Å².